The molecule has 0 atom stereocenters. The number of benzene rings is 1. The molecule has 36 heavy (non-hydrogen) atoms. The van der Waals surface area contributed by atoms with E-state index in [1.54, 1.807) is 0 Å². The maximum atomic E-state index is 14.1. The van der Waals surface area contributed by atoms with Gasteiger partial charge in [0.1, 0.15) is 0 Å². The van der Waals surface area contributed by atoms with Crippen LogP contribution in [0.5, 0.6) is 5.75 Å². The molecule has 0 N–H and O–H groups in total. The Labute approximate surface area is 213 Å². The Hall–Kier alpha value is -1.59. The monoisotopic (exact) mass is 514 g/mol. The summed E-state index contributed by atoms with van der Waals surface area (Å²) in [6.07, 6.45) is 18.8. The van der Waals surface area contributed by atoms with Gasteiger partial charge in [-0.2, -0.15) is 0 Å². The summed E-state index contributed by atoms with van der Waals surface area (Å²) in [7, 11) is 0. The number of unbranched alkanes of at least 4 members (excludes halogenated alkanes) is 3. The highest BCUT2D eigenvalue weighted by Gasteiger charge is 2.35. The van der Waals surface area contributed by atoms with Crippen molar-refractivity contribution in [2.75, 3.05) is 0 Å². The molecule has 1 nitrogen and oxygen atoms in total. The van der Waals surface area contributed by atoms with Crippen LogP contribution in [0.2, 0.25) is 0 Å². The lowest BCUT2D eigenvalue weighted by Crippen LogP contribution is -2.20. The van der Waals surface area contributed by atoms with E-state index in [1.165, 1.54) is 77.0 Å². The molecule has 2 fully saturated rings. The summed E-state index contributed by atoms with van der Waals surface area (Å²) in [6, 6.07) is 2.02. The molecule has 0 aromatic heterocycles. The Balaban J connectivity index is 1.32. The summed E-state index contributed by atoms with van der Waals surface area (Å²) in [5.41, 5.74) is 0.438. The molecule has 0 saturated heterocycles. The van der Waals surface area contributed by atoms with Crippen molar-refractivity contribution in [2.24, 2.45) is 17.8 Å². The number of hydrogen-bond donors (Lipinski definition) is 0. The lowest BCUT2D eigenvalue weighted by molar-refractivity contribution is -0.276. The summed E-state index contributed by atoms with van der Waals surface area (Å²) in [5.74, 6) is -1.57. The Bertz CT molecular complexity index is 779. The second-order valence-corrected chi connectivity index (χ2v) is 11.1. The average molecular weight is 515 g/mol. The van der Waals surface area contributed by atoms with Gasteiger partial charge < -0.3 is 4.74 Å². The number of alkyl halides is 3. The SMILES string of the molecule is CCCC=CCCCCC1CCC(CCC2CCC(c3cc(F)c(OC(F)(F)F)c(F)c3)CC2)CC1. The number of ether oxygens (including phenoxy) is 1. The fourth-order valence-electron chi connectivity index (χ4n) is 6.19. The minimum absolute atomic E-state index is 0.0113. The molecule has 2 saturated carbocycles. The summed E-state index contributed by atoms with van der Waals surface area (Å²) >= 11 is 0. The van der Waals surface area contributed by atoms with Gasteiger partial charge in [-0.25, -0.2) is 8.78 Å². The van der Waals surface area contributed by atoms with Gasteiger partial charge in [-0.1, -0.05) is 76.9 Å². The average Bonchev–Trinajstić information content (AvgIpc) is 2.85. The van der Waals surface area contributed by atoms with Gasteiger partial charge in [-0.05, 0) is 86.3 Å². The van der Waals surface area contributed by atoms with E-state index in [4.69, 9.17) is 0 Å². The quantitative estimate of drug-likeness (QED) is 0.153. The molecule has 0 aliphatic heterocycles. The molecule has 0 bridgehead atoms. The molecule has 2 aliphatic carbocycles. The molecule has 6 heteroatoms. The van der Waals surface area contributed by atoms with Crippen LogP contribution in [0.25, 0.3) is 0 Å². The van der Waals surface area contributed by atoms with Gasteiger partial charge in [-0.15, -0.1) is 13.2 Å². The smallest absolute Gasteiger partial charge is 0.399 e. The molecule has 0 spiro atoms. The highest BCUT2D eigenvalue weighted by atomic mass is 19.4. The molecule has 1 aromatic rings. The van der Waals surface area contributed by atoms with Crippen molar-refractivity contribution in [1.82, 2.24) is 0 Å². The highest BCUT2D eigenvalue weighted by Crippen LogP contribution is 2.41. The normalized spacial score (nSPS) is 25.4. The minimum atomic E-state index is -5.12. The van der Waals surface area contributed by atoms with Crippen LogP contribution >= 0.6 is 0 Å². The van der Waals surface area contributed by atoms with Gasteiger partial charge in [0.25, 0.3) is 0 Å². The molecule has 2 aliphatic rings. The Morgan fingerprint density at radius 3 is 1.78 bits per heavy atom. The van der Waals surface area contributed by atoms with E-state index in [1.807, 2.05) is 0 Å². The van der Waals surface area contributed by atoms with Crippen LogP contribution in [-0.2, 0) is 0 Å². The zero-order chi connectivity index (χ0) is 26.0. The topological polar surface area (TPSA) is 9.23 Å². The van der Waals surface area contributed by atoms with E-state index in [-0.39, 0.29) is 5.92 Å². The standard InChI is InChI=1S/C30H43F5O/c1-2-3-4-5-6-7-8-9-22-10-12-23(13-11-22)14-15-24-16-18-25(19-17-24)26-20-27(31)29(28(32)21-26)36-30(33,34)35/h4-5,20-25H,2-3,6-19H2,1H3. The van der Waals surface area contributed by atoms with Crippen molar-refractivity contribution >= 4 is 0 Å². The van der Waals surface area contributed by atoms with Crippen LogP contribution in [0.3, 0.4) is 0 Å². The minimum Gasteiger partial charge on any atom is -0.399 e. The van der Waals surface area contributed by atoms with Gasteiger partial charge in [-0.3, -0.25) is 0 Å². The van der Waals surface area contributed by atoms with Crippen LogP contribution in [-0.4, -0.2) is 6.36 Å². The van der Waals surface area contributed by atoms with Gasteiger partial charge in [0.15, 0.2) is 11.6 Å². The molecule has 0 radical (unpaired) electrons. The van der Waals surface area contributed by atoms with Crippen LogP contribution in [0, 0.1) is 29.4 Å². The fourth-order valence-corrected chi connectivity index (χ4v) is 6.19. The zero-order valence-electron chi connectivity index (χ0n) is 21.7. The lowest BCUT2D eigenvalue weighted by Gasteiger charge is -2.32. The van der Waals surface area contributed by atoms with Crippen molar-refractivity contribution in [2.45, 2.75) is 122 Å². The zero-order valence-corrected chi connectivity index (χ0v) is 21.7. The number of allylic oxidation sites excluding steroid dienone is 2. The van der Waals surface area contributed by atoms with E-state index in [0.717, 1.165) is 49.7 Å². The molecule has 204 valence electrons. The molecular formula is C30H43F5O. The van der Waals surface area contributed by atoms with E-state index < -0.39 is 23.7 Å². The van der Waals surface area contributed by atoms with Gasteiger partial charge in [0, 0.05) is 0 Å². The van der Waals surface area contributed by atoms with Crippen LogP contribution in [0.1, 0.15) is 121 Å². The third-order valence-electron chi connectivity index (χ3n) is 8.36. The van der Waals surface area contributed by atoms with Gasteiger partial charge in [0.05, 0.1) is 0 Å². The first-order chi connectivity index (χ1) is 17.2. The number of halogens is 5. The first-order valence-electron chi connectivity index (χ1n) is 14.1. The summed E-state index contributed by atoms with van der Waals surface area (Å²) in [5, 5.41) is 0. The summed E-state index contributed by atoms with van der Waals surface area (Å²) in [4.78, 5) is 0. The van der Waals surface area contributed by atoms with Crippen molar-refractivity contribution < 1.29 is 26.7 Å². The van der Waals surface area contributed by atoms with Crippen LogP contribution < -0.4 is 4.74 Å². The maximum absolute atomic E-state index is 14.1. The van der Waals surface area contributed by atoms with Crippen molar-refractivity contribution in [3.8, 4) is 5.75 Å². The molecule has 0 amide bonds. The Morgan fingerprint density at radius 1 is 0.750 bits per heavy atom. The fraction of sp³-hybridized carbons (Fsp3) is 0.733. The van der Waals surface area contributed by atoms with Crippen LogP contribution in [0.4, 0.5) is 22.0 Å². The highest BCUT2D eigenvalue weighted by molar-refractivity contribution is 5.33. The number of rotatable bonds is 12. The van der Waals surface area contributed by atoms with Crippen molar-refractivity contribution in [1.29, 1.82) is 0 Å². The third-order valence-corrected chi connectivity index (χ3v) is 8.36. The third kappa shape index (κ3) is 9.70. The molecule has 0 heterocycles. The number of hydrogen-bond acceptors (Lipinski definition) is 1. The van der Waals surface area contributed by atoms with Crippen LogP contribution in [0.15, 0.2) is 24.3 Å². The summed E-state index contributed by atoms with van der Waals surface area (Å²) < 4.78 is 68.8. The molecular weight excluding hydrogens is 471 g/mol. The van der Waals surface area contributed by atoms with E-state index in [2.05, 4.69) is 23.8 Å². The van der Waals surface area contributed by atoms with Crippen molar-refractivity contribution in [3.05, 3.63) is 41.5 Å². The first kappa shape index (κ1) is 29.0. The molecule has 1 aromatic carbocycles. The predicted molar refractivity (Wildman–Crippen MR) is 135 cm³/mol. The van der Waals surface area contributed by atoms with Crippen molar-refractivity contribution in [3.63, 3.8) is 0 Å². The first-order valence-corrected chi connectivity index (χ1v) is 14.1. The Morgan fingerprint density at radius 2 is 1.25 bits per heavy atom. The van der Waals surface area contributed by atoms with E-state index >= 15 is 0 Å². The van der Waals surface area contributed by atoms with Gasteiger partial charge in [0.2, 0.25) is 5.75 Å². The Kier molecular flexibility index (Phi) is 11.6. The largest absolute Gasteiger partial charge is 0.573 e. The van der Waals surface area contributed by atoms with E-state index in [0.29, 0.717) is 11.5 Å². The second-order valence-electron chi connectivity index (χ2n) is 11.1. The maximum Gasteiger partial charge on any atom is 0.573 e. The second kappa shape index (κ2) is 14.4. The predicted octanol–water partition coefficient (Wildman–Crippen LogP) is 10.6. The van der Waals surface area contributed by atoms with E-state index in [9.17, 15) is 22.0 Å². The lowest BCUT2D eigenvalue weighted by atomic mass is 9.74. The molecule has 3 rings (SSSR count). The molecule has 0 unspecified atom stereocenters. The van der Waals surface area contributed by atoms with Gasteiger partial charge >= 0.3 is 6.36 Å². The summed E-state index contributed by atoms with van der Waals surface area (Å²) in [6.45, 7) is 2.21.